The molecule has 4 rings (SSSR count). The summed E-state index contributed by atoms with van der Waals surface area (Å²) in [5, 5.41) is 9.09. The molecule has 0 bridgehead atoms. The number of carbonyl (C=O) groups is 1. The Morgan fingerprint density at radius 1 is 1.40 bits per heavy atom. The zero-order valence-electron chi connectivity index (χ0n) is 14.0. The smallest absolute Gasteiger partial charge is 0.254 e. The highest BCUT2D eigenvalue weighted by Crippen LogP contribution is 2.30. The van der Waals surface area contributed by atoms with Crippen molar-refractivity contribution in [1.29, 1.82) is 0 Å². The molecule has 1 amide bonds. The Morgan fingerprint density at radius 3 is 2.96 bits per heavy atom. The second-order valence-corrected chi connectivity index (χ2v) is 6.59. The quantitative estimate of drug-likeness (QED) is 0.684. The third kappa shape index (κ3) is 2.79. The van der Waals surface area contributed by atoms with E-state index in [1.165, 1.54) is 12.1 Å². The summed E-state index contributed by atoms with van der Waals surface area (Å²) in [5.41, 5.74) is 0.271. The van der Waals surface area contributed by atoms with Gasteiger partial charge in [0.15, 0.2) is 16.7 Å². The van der Waals surface area contributed by atoms with Crippen LogP contribution >= 0.6 is 23.1 Å². The van der Waals surface area contributed by atoms with Crippen molar-refractivity contribution in [2.75, 3.05) is 6.54 Å². The topological polar surface area (TPSA) is 76.8 Å². The summed E-state index contributed by atoms with van der Waals surface area (Å²) in [6, 6.07) is 3.11. The van der Waals surface area contributed by atoms with Gasteiger partial charge in [0.1, 0.15) is 5.82 Å². The largest absolute Gasteiger partial charge is 0.327 e. The summed E-state index contributed by atoms with van der Waals surface area (Å²) in [6.07, 6.45) is 0. The van der Waals surface area contributed by atoms with E-state index in [4.69, 9.17) is 13.0 Å². The first-order valence-electron chi connectivity index (χ1n) is 7.95. The van der Waals surface area contributed by atoms with Crippen LogP contribution in [0.2, 0.25) is 5.28 Å². The van der Waals surface area contributed by atoms with Crippen LogP contribution in [0.1, 0.15) is 30.5 Å². The van der Waals surface area contributed by atoms with Gasteiger partial charge in [-0.1, -0.05) is 0 Å². The van der Waals surface area contributed by atoms with Crippen molar-refractivity contribution in [3.63, 3.8) is 0 Å². The van der Waals surface area contributed by atoms with Gasteiger partial charge < -0.3 is 9.47 Å². The van der Waals surface area contributed by atoms with Gasteiger partial charge in [0, 0.05) is 18.7 Å². The van der Waals surface area contributed by atoms with Gasteiger partial charge >= 0.3 is 0 Å². The minimum absolute atomic E-state index is 0.158. The second kappa shape index (κ2) is 6.16. The van der Waals surface area contributed by atoms with Crippen molar-refractivity contribution in [2.45, 2.75) is 19.5 Å². The SMILES string of the molecule is [2H]c1cc(C(=O)N2CCn3c(-c4nc(Cl)ns4)nnc3C2C)ccc1F. The van der Waals surface area contributed by atoms with Crippen LogP contribution in [-0.4, -0.2) is 41.5 Å². The Kier molecular flexibility index (Phi) is 3.67. The highest BCUT2D eigenvalue weighted by atomic mass is 35.5. The van der Waals surface area contributed by atoms with Crippen molar-refractivity contribution in [3.8, 4) is 10.8 Å². The molecule has 1 aromatic carbocycles. The first-order chi connectivity index (χ1) is 12.5. The molecule has 7 nitrogen and oxygen atoms in total. The molecule has 0 radical (unpaired) electrons. The van der Waals surface area contributed by atoms with Gasteiger partial charge in [0.25, 0.3) is 5.91 Å². The van der Waals surface area contributed by atoms with Gasteiger partial charge in [-0.05, 0) is 54.3 Å². The number of carbonyl (C=O) groups excluding carboxylic acids is 1. The van der Waals surface area contributed by atoms with Crippen LogP contribution in [-0.2, 0) is 6.54 Å². The molecular weight excluding hydrogens is 367 g/mol. The molecule has 0 aliphatic carbocycles. The summed E-state index contributed by atoms with van der Waals surface area (Å²) >= 11 is 6.92. The standard InChI is InChI=1S/C15H12ClFN6OS/c1-8-11-19-20-12(13-18-15(16)21-25-13)23(11)7-6-22(8)14(24)9-2-4-10(17)5-3-9/h2-5,8H,6-7H2,1H3/i4D. The average molecular weight is 380 g/mol. The van der Waals surface area contributed by atoms with E-state index in [9.17, 15) is 9.18 Å². The Bertz CT molecular complexity index is 1010. The molecule has 128 valence electrons. The van der Waals surface area contributed by atoms with Crippen LogP contribution in [0.3, 0.4) is 0 Å². The Hall–Kier alpha value is -2.39. The van der Waals surface area contributed by atoms with E-state index in [0.717, 1.165) is 17.6 Å². The van der Waals surface area contributed by atoms with Crippen LogP contribution in [0.5, 0.6) is 0 Å². The van der Waals surface area contributed by atoms with Crippen molar-refractivity contribution in [2.24, 2.45) is 0 Å². The van der Waals surface area contributed by atoms with E-state index in [1.54, 1.807) is 4.90 Å². The molecule has 3 heterocycles. The highest BCUT2D eigenvalue weighted by molar-refractivity contribution is 7.09. The predicted octanol–water partition coefficient (Wildman–Crippen LogP) is 2.81. The lowest BCUT2D eigenvalue weighted by Gasteiger charge is -2.33. The molecule has 3 aromatic rings. The summed E-state index contributed by atoms with van der Waals surface area (Å²) in [6.45, 7) is 2.76. The minimum Gasteiger partial charge on any atom is -0.327 e. The monoisotopic (exact) mass is 379 g/mol. The predicted molar refractivity (Wildman–Crippen MR) is 89.8 cm³/mol. The summed E-state index contributed by atoms with van der Waals surface area (Å²) < 4.78 is 26.7. The Labute approximate surface area is 152 Å². The van der Waals surface area contributed by atoms with Crippen molar-refractivity contribution >= 4 is 29.0 Å². The zero-order valence-corrected chi connectivity index (χ0v) is 14.6. The maximum absolute atomic E-state index is 13.3. The lowest BCUT2D eigenvalue weighted by atomic mass is 10.1. The van der Waals surface area contributed by atoms with E-state index in [-0.39, 0.29) is 28.8 Å². The molecule has 1 aliphatic heterocycles. The van der Waals surface area contributed by atoms with Crippen molar-refractivity contribution in [1.82, 2.24) is 29.0 Å². The van der Waals surface area contributed by atoms with Gasteiger partial charge in [0.05, 0.1) is 7.41 Å². The van der Waals surface area contributed by atoms with E-state index >= 15 is 0 Å². The summed E-state index contributed by atoms with van der Waals surface area (Å²) in [5.74, 6) is 0.256. The van der Waals surface area contributed by atoms with E-state index in [0.29, 0.717) is 29.7 Å². The van der Waals surface area contributed by atoms with Gasteiger partial charge in [-0.3, -0.25) is 4.79 Å². The van der Waals surface area contributed by atoms with Crippen LogP contribution in [0.4, 0.5) is 4.39 Å². The van der Waals surface area contributed by atoms with Crippen LogP contribution in [0, 0.1) is 5.82 Å². The fourth-order valence-electron chi connectivity index (χ4n) is 2.82. The molecule has 0 saturated carbocycles. The molecule has 2 aromatic heterocycles. The Morgan fingerprint density at radius 2 is 2.24 bits per heavy atom. The first kappa shape index (κ1) is 14.9. The van der Waals surface area contributed by atoms with E-state index in [1.807, 2.05) is 11.5 Å². The number of nitrogens with zero attached hydrogens (tertiary/aromatic N) is 6. The normalized spacial score (nSPS) is 17.3. The molecule has 25 heavy (non-hydrogen) atoms. The molecule has 1 atom stereocenters. The van der Waals surface area contributed by atoms with Crippen LogP contribution < -0.4 is 0 Å². The van der Waals surface area contributed by atoms with Gasteiger partial charge in [0.2, 0.25) is 5.28 Å². The van der Waals surface area contributed by atoms with Crippen LogP contribution in [0.15, 0.2) is 24.2 Å². The summed E-state index contributed by atoms with van der Waals surface area (Å²) in [4.78, 5) is 18.5. The van der Waals surface area contributed by atoms with Gasteiger partial charge in [-0.2, -0.15) is 4.37 Å². The van der Waals surface area contributed by atoms with Gasteiger partial charge in [-0.15, -0.1) is 10.2 Å². The number of halogens is 2. The maximum atomic E-state index is 13.3. The number of amides is 1. The fourth-order valence-corrected chi connectivity index (χ4v) is 3.62. The van der Waals surface area contributed by atoms with E-state index in [2.05, 4.69) is 19.6 Å². The Balaban J connectivity index is 1.64. The first-order valence-corrected chi connectivity index (χ1v) is 8.60. The number of benzene rings is 1. The average Bonchev–Trinajstić information content (AvgIpc) is 3.23. The van der Waals surface area contributed by atoms with Crippen molar-refractivity contribution < 1.29 is 10.6 Å². The minimum atomic E-state index is -0.659. The van der Waals surface area contributed by atoms with E-state index < -0.39 is 5.82 Å². The molecule has 0 N–H and O–H groups in total. The van der Waals surface area contributed by atoms with Crippen molar-refractivity contribution in [3.05, 3.63) is 46.7 Å². The number of fused-ring (bicyclic) bond motifs is 1. The fraction of sp³-hybridized carbons (Fsp3) is 0.267. The highest BCUT2D eigenvalue weighted by Gasteiger charge is 2.32. The third-order valence-electron chi connectivity index (χ3n) is 4.06. The maximum Gasteiger partial charge on any atom is 0.254 e. The lowest BCUT2D eigenvalue weighted by Crippen LogP contribution is -2.41. The molecule has 0 fully saturated rings. The van der Waals surface area contributed by atoms with Crippen LogP contribution in [0.25, 0.3) is 10.8 Å². The number of hydrogen-bond acceptors (Lipinski definition) is 6. The molecule has 0 saturated heterocycles. The molecule has 10 heteroatoms. The number of rotatable bonds is 2. The number of hydrogen-bond donors (Lipinski definition) is 0. The lowest BCUT2D eigenvalue weighted by molar-refractivity contribution is 0.0638. The zero-order chi connectivity index (χ0) is 18.4. The van der Waals surface area contributed by atoms with Gasteiger partial charge in [-0.25, -0.2) is 9.37 Å². The third-order valence-corrected chi connectivity index (χ3v) is 5.04. The number of aromatic nitrogens is 5. The molecule has 0 spiro atoms. The molecule has 1 unspecified atom stereocenters. The molecular formula is C15H12ClFN6OS. The molecule has 1 aliphatic rings. The second-order valence-electron chi connectivity index (χ2n) is 5.50. The summed E-state index contributed by atoms with van der Waals surface area (Å²) in [7, 11) is 0.